The van der Waals surface area contributed by atoms with Crippen LogP contribution in [0.1, 0.15) is 19.3 Å². The summed E-state index contributed by atoms with van der Waals surface area (Å²) in [5.74, 6) is 1.03. The molecule has 0 aliphatic carbocycles. The van der Waals surface area contributed by atoms with Crippen molar-refractivity contribution < 1.29 is 5.11 Å². The molecule has 1 N–H and O–H groups in total. The molecule has 2 aromatic carbocycles. The molecule has 3 aromatic rings. The van der Waals surface area contributed by atoms with E-state index >= 15 is 0 Å². The second-order valence-corrected chi connectivity index (χ2v) is 8.08. The number of nitrogens with zero attached hydrogens (tertiary/aromatic N) is 3. The highest BCUT2D eigenvalue weighted by Gasteiger charge is 2.28. The van der Waals surface area contributed by atoms with Crippen molar-refractivity contribution in [1.29, 1.82) is 0 Å². The second-order valence-electron chi connectivity index (χ2n) is 6.81. The van der Waals surface area contributed by atoms with Gasteiger partial charge in [-0.15, -0.1) is 0 Å². The van der Waals surface area contributed by atoms with Crippen molar-refractivity contribution >= 4 is 39.3 Å². The fourth-order valence-corrected chi connectivity index (χ4v) is 4.70. The van der Waals surface area contributed by atoms with E-state index in [-0.39, 0.29) is 16.6 Å². The number of halogens is 1. The molecular formula is C21H22IN3O. The maximum atomic E-state index is 9.71. The summed E-state index contributed by atoms with van der Waals surface area (Å²) in [6.45, 7) is 1.15. The lowest BCUT2D eigenvalue weighted by atomic mass is 10.0. The van der Waals surface area contributed by atoms with Gasteiger partial charge in [0.15, 0.2) is 0 Å². The average molecular weight is 459 g/mol. The highest BCUT2D eigenvalue weighted by Crippen LogP contribution is 2.31. The molecule has 0 bridgehead atoms. The molecule has 0 amide bonds. The minimum atomic E-state index is 0.215. The molecule has 0 radical (unpaired) electrons. The molecular weight excluding hydrogens is 437 g/mol. The van der Waals surface area contributed by atoms with E-state index in [1.807, 2.05) is 12.3 Å². The number of hydrogen-bond acceptors (Lipinski definition) is 4. The zero-order valence-corrected chi connectivity index (χ0v) is 16.7. The number of hydrogen-bond donors (Lipinski definition) is 1. The van der Waals surface area contributed by atoms with E-state index in [0.29, 0.717) is 0 Å². The Hall–Kier alpha value is -1.73. The first-order valence-electron chi connectivity index (χ1n) is 9.10. The van der Waals surface area contributed by atoms with Gasteiger partial charge in [0.1, 0.15) is 0 Å². The molecule has 0 saturated carbocycles. The Morgan fingerprint density at radius 3 is 2.77 bits per heavy atom. The Morgan fingerprint density at radius 1 is 1.08 bits per heavy atom. The number of alkyl halides is 1. The van der Waals surface area contributed by atoms with E-state index in [1.54, 1.807) is 0 Å². The Kier molecular flexibility index (Phi) is 5.36. The fraction of sp³-hybridized carbons (Fsp3) is 0.333. The van der Waals surface area contributed by atoms with Crippen LogP contribution in [0.25, 0.3) is 22.0 Å². The number of fused-ring (bicyclic) bond motifs is 1. The van der Waals surface area contributed by atoms with Gasteiger partial charge in [-0.1, -0.05) is 65.4 Å². The van der Waals surface area contributed by atoms with Gasteiger partial charge in [-0.2, -0.15) is 0 Å². The van der Waals surface area contributed by atoms with Crippen molar-refractivity contribution in [3.8, 4) is 11.3 Å². The minimum Gasteiger partial charge on any atom is -0.396 e. The predicted octanol–water partition coefficient (Wildman–Crippen LogP) is 4.66. The van der Waals surface area contributed by atoms with E-state index < -0.39 is 0 Å². The highest BCUT2D eigenvalue weighted by molar-refractivity contribution is 14.1. The number of aliphatic hydroxyl groups excluding tert-OH is 1. The van der Waals surface area contributed by atoms with Gasteiger partial charge in [-0.3, -0.25) is 0 Å². The third-order valence-electron chi connectivity index (χ3n) is 5.09. The number of rotatable bonds is 3. The molecule has 2 unspecified atom stereocenters. The SMILES string of the molecule is OCC1CCCCN(c2nccc(-c3ccc4ccccc4c3)n2)C1I. The zero-order chi connectivity index (χ0) is 17.9. The summed E-state index contributed by atoms with van der Waals surface area (Å²) >= 11 is 2.43. The van der Waals surface area contributed by atoms with Crippen LogP contribution in [-0.2, 0) is 0 Å². The lowest BCUT2D eigenvalue weighted by molar-refractivity contribution is 0.220. The summed E-state index contributed by atoms with van der Waals surface area (Å²) in [5.41, 5.74) is 2.04. The van der Waals surface area contributed by atoms with Crippen LogP contribution in [0.4, 0.5) is 5.95 Å². The van der Waals surface area contributed by atoms with Crippen LogP contribution >= 0.6 is 22.6 Å². The standard InChI is InChI=1S/C21H22IN3O/c22-20-18(14-26)7-3-4-12-25(20)21-23-11-10-19(24-21)17-9-8-15-5-1-2-6-16(15)13-17/h1-2,5-6,8-11,13,18,20,26H,3-4,7,12,14H2. The van der Waals surface area contributed by atoms with E-state index in [4.69, 9.17) is 4.98 Å². The van der Waals surface area contributed by atoms with Gasteiger partial charge in [0.2, 0.25) is 5.95 Å². The summed E-state index contributed by atoms with van der Waals surface area (Å²) < 4.78 is 0.215. The number of aliphatic hydroxyl groups is 1. The fourth-order valence-electron chi connectivity index (χ4n) is 3.59. The number of aromatic nitrogens is 2. The van der Waals surface area contributed by atoms with Crippen LogP contribution in [0.15, 0.2) is 54.7 Å². The van der Waals surface area contributed by atoms with Gasteiger partial charge in [0, 0.05) is 30.8 Å². The first-order chi connectivity index (χ1) is 12.8. The minimum absolute atomic E-state index is 0.215. The molecule has 4 nitrogen and oxygen atoms in total. The monoisotopic (exact) mass is 459 g/mol. The molecule has 1 aromatic heterocycles. The van der Waals surface area contributed by atoms with Crippen molar-refractivity contribution in [3.05, 3.63) is 54.7 Å². The largest absolute Gasteiger partial charge is 0.396 e. The zero-order valence-electron chi connectivity index (χ0n) is 14.6. The number of anilines is 1. The van der Waals surface area contributed by atoms with Crippen LogP contribution in [0.3, 0.4) is 0 Å². The van der Waals surface area contributed by atoms with Crippen LogP contribution < -0.4 is 4.90 Å². The van der Waals surface area contributed by atoms with E-state index in [0.717, 1.165) is 43.0 Å². The van der Waals surface area contributed by atoms with Gasteiger partial charge in [-0.05, 0) is 35.7 Å². The van der Waals surface area contributed by atoms with Crippen LogP contribution in [0.5, 0.6) is 0 Å². The molecule has 1 aliphatic heterocycles. The predicted molar refractivity (Wildman–Crippen MR) is 115 cm³/mol. The van der Waals surface area contributed by atoms with Crippen LogP contribution in [-0.4, -0.2) is 32.3 Å². The average Bonchev–Trinajstić information content (AvgIpc) is 2.89. The Labute approximate surface area is 167 Å². The first kappa shape index (κ1) is 17.7. The Balaban J connectivity index is 1.69. The van der Waals surface area contributed by atoms with Gasteiger partial charge in [0.05, 0.1) is 9.74 Å². The summed E-state index contributed by atoms with van der Waals surface area (Å²) in [7, 11) is 0. The quantitative estimate of drug-likeness (QED) is 0.352. The molecule has 1 aliphatic rings. The second kappa shape index (κ2) is 7.88. The summed E-state index contributed by atoms with van der Waals surface area (Å²) in [6.07, 6.45) is 5.16. The van der Waals surface area contributed by atoms with Crippen molar-refractivity contribution in [3.63, 3.8) is 0 Å². The summed E-state index contributed by atoms with van der Waals surface area (Å²) in [6, 6.07) is 16.8. The van der Waals surface area contributed by atoms with E-state index in [1.165, 1.54) is 10.8 Å². The van der Waals surface area contributed by atoms with Crippen molar-refractivity contribution in [2.45, 2.75) is 23.3 Å². The Bertz CT molecular complexity index is 901. The molecule has 1 fully saturated rings. The first-order valence-corrected chi connectivity index (χ1v) is 10.3. The molecule has 4 rings (SSSR count). The van der Waals surface area contributed by atoms with Gasteiger partial charge in [0.25, 0.3) is 0 Å². The lowest BCUT2D eigenvalue weighted by Crippen LogP contribution is -2.37. The smallest absolute Gasteiger partial charge is 0.226 e. The van der Waals surface area contributed by atoms with Crippen LogP contribution in [0, 0.1) is 5.92 Å². The maximum absolute atomic E-state index is 9.71. The molecule has 5 heteroatoms. The normalized spacial score (nSPS) is 20.9. The summed E-state index contributed by atoms with van der Waals surface area (Å²) in [5, 5.41) is 12.2. The molecule has 26 heavy (non-hydrogen) atoms. The molecule has 134 valence electrons. The molecule has 2 heterocycles. The van der Waals surface area contributed by atoms with Crippen molar-refractivity contribution in [2.24, 2.45) is 5.92 Å². The lowest BCUT2D eigenvalue weighted by Gasteiger charge is -2.30. The highest BCUT2D eigenvalue weighted by atomic mass is 127. The van der Waals surface area contributed by atoms with Gasteiger partial charge >= 0.3 is 0 Å². The molecule has 0 spiro atoms. The van der Waals surface area contributed by atoms with Crippen LogP contribution in [0.2, 0.25) is 0 Å². The Morgan fingerprint density at radius 2 is 1.92 bits per heavy atom. The molecule has 2 atom stereocenters. The van der Waals surface area contributed by atoms with Crippen molar-refractivity contribution in [2.75, 3.05) is 18.1 Å². The van der Waals surface area contributed by atoms with Crippen molar-refractivity contribution in [1.82, 2.24) is 9.97 Å². The number of benzene rings is 2. The van der Waals surface area contributed by atoms with Gasteiger partial charge in [-0.25, -0.2) is 9.97 Å². The molecule has 1 saturated heterocycles. The van der Waals surface area contributed by atoms with E-state index in [2.05, 4.69) is 74.9 Å². The van der Waals surface area contributed by atoms with E-state index in [9.17, 15) is 5.11 Å². The maximum Gasteiger partial charge on any atom is 0.226 e. The topological polar surface area (TPSA) is 49.2 Å². The third kappa shape index (κ3) is 3.55. The third-order valence-corrected chi connectivity index (χ3v) is 6.78. The van der Waals surface area contributed by atoms with Gasteiger partial charge < -0.3 is 10.0 Å². The summed E-state index contributed by atoms with van der Waals surface area (Å²) in [4.78, 5) is 11.7.